The fraction of sp³-hybridized carbons (Fsp3) is 0.278. The van der Waals surface area contributed by atoms with Gasteiger partial charge in [-0.15, -0.1) is 12.4 Å². The van der Waals surface area contributed by atoms with Gasteiger partial charge in [-0.05, 0) is 43.2 Å². The van der Waals surface area contributed by atoms with Crippen LogP contribution in [0.2, 0.25) is 0 Å². The summed E-state index contributed by atoms with van der Waals surface area (Å²) >= 11 is 0. The Kier molecular flexibility index (Phi) is 8.22. The number of aryl methyl sites for hydroxylation is 1. The number of carbonyl (C=O) groups is 1. The smallest absolute Gasteiger partial charge is 0.241 e. The molecule has 0 heterocycles. The minimum absolute atomic E-state index is 0. The van der Waals surface area contributed by atoms with Gasteiger partial charge in [0.15, 0.2) is 0 Å². The van der Waals surface area contributed by atoms with E-state index in [1.165, 1.54) is 12.1 Å². The van der Waals surface area contributed by atoms with Crippen LogP contribution in [0.4, 0.5) is 4.39 Å². The van der Waals surface area contributed by atoms with E-state index in [0.717, 1.165) is 11.1 Å². The van der Waals surface area contributed by atoms with Crippen LogP contribution >= 0.6 is 12.4 Å². The Balaban J connectivity index is 0.00000288. The van der Waals surface area contributed by atoms with Crippen molar-refractivity contribution >= 4 is 18.3 Å². The normalized spacial score (nSPS) is 11.3. The molecule has 0 aliphatic carbocycles. The van der Waals surface area contributed by atoms with Gasteiger partial charge in [-0.3, -0.25) is 4.79 Å². The first-order chi connectivity index (χ1) is 11.1. The number of nitrogens with two attached hydrogens (primary N) is 1. The molecule has 6 heteroatoms. The lowest BCUT2D eigenvalue weighted by Gasteiger charge is -2.13. The molecule has 24 heavy (non-hydrogen) atoms. The molecule has 2 aromatic rings. The van der Waals surface area contributed by atoms with Crippen molar-refractivity contribution in [3.63, 3.8) is 0 Å². The minimum Gasteiger partial charge on any atom is -0.494 e. The lowest BCUT2D eigenvalue weighted by atomic mass is 10.1. The SMILES string of the molecule is Cc1ccc(C(N)C(=O)NCCCOc2ccc(F)cc2)cc1.Cl. The Labute approximate surface area is 147 Å². The van der Waals surface area contributed by atoms with Crippen LogP contribution in [-0.4, -0.2) is 19.1 Å². The molecule has 2 aromatic carbocycles. The van der Waals surface area contributed by atoms with E-state index in [4.69, 9.17) is 10.5 Å². The minimum atomic E-state index is -0.673. The third kappa shape index (κ3) is 6.18. The van der Waals surface area contributed by atoms with Gasteiger partial charge in [0.2, 0.25) is 5.91 Å². The molecule has 1 atom stereocenters. The molecule has 0 fully saturated rings. The van der Waals surface area contributed by atoms with Crippen molar-refractivity contribution in [2.45, 2.75) is 19.4 Å². The predicted molar refractivity (Wildman–Crippen MR) is 94.9 cm³/mol. The van der Waals surface area contributed by atoms with Crippen LogP contribution < -0.4 is 15.8 Å². The Morgan fingerprint density at radius 3 is 2.42 bits per heavy atom. The van der Waals surface area contributed by atoms with Gasteiger partial charge in [-0.1, -0.05) is 29.8 Å². The Bertz CT molecular complexity index is 632. The van der Waals surface area contributed by atoms with Gasteiger partial charge in [0.25, 0.3) is 0 Å². The molecular weight excluding hydrogens is 331 g/mol. The Hall–Kier alpha value is -2.11. The average Bonchev–Trinajstić information content (AvgIpc) is 2.56. The molecule has 0 saturated carbocycles. The molecule has 4 nitrogen and oxygen atoms in total. The zero-order chi connectivity index (χ0) is 16.7. The van der Waals surface area contributed by atoms with Crippen LogP contribution in [-0.2, 0) is 4.79 Å². The fourth-order valence-corrected chi connectivity index (χ4v) is 2.04. The molecule has 1 amide bonds. The maximum absolute atomic E-state index is 12.7. The van der Waals surface area contributed by atoms with E-state index >= 15 is 0 Å². The van der Waals surface area contributed by atoms with Crippen LogP contribution in [0.5, 0.6) is 5.75 Å². The maximum Gasteiger partial charge on any atom is 0.241 e. The van der Waals surface area contributed by atoms with Gasteiger partial charge in [0.05, 0.1) is 6.61 Å². The first-order valence-corrected chi connectivity index (χ1v) is 7.54. The van der Waals surface area contributed by atoms with Crippen molar-refractivity contribution in [2.75, 3.05) is 13.2 Å². The van der Waals surface area contributed by atoms with E-state index in [9.17, 15) is 9.18 Å². The quantitative estimate of drug-likeness (QED) is 0.752. The van der Waals surface area contributed by atoms with Gasteiger partial charge < -0.3 is 15.8 Å². The summed E-state index contributed by atoms with van der Waals surface area (Å²) < 4.78 is 18.2. The van der Waals surface area contributed by atoms with Crippen LogP contribution in [0.1, 0.15) is 23.6 Å². The van der Waals surface area contributed by atoms with Crippen LogP contribution in [0, 0.1) is 12.7 Å². The number of halogens is 2. The standard InChI is InChI=1S/C18H21FN2O2.ClH/c1-13-3-5-14(6-4-13)17(20)18(22)21-11-2-12-23-16-9-7-15(19)8-10-16;/h3-10,17H,2,11-12,20H2,1H3,(H,21,22);1H. The van der Waals surface area contributed by atoms with Gasteiger partial charge >= 0.3 is 0 Å². The predicted octanol–water partition coefficient (Wildman–Crippen LogP) is 3.14. The van der Waals surface area contributed by atoms with Crippen molar-refractivity contribution in [3.05, 3.63) is 65.5 Å². The summed E-state index contributed by atoms with van der Waals surface area (Å²) in [4.78, 5) is 12.0. The second-order valence-corrected chi connectivity index (χ2v) is 5.34. The Morgan fingerprint density at radius 2 is 1.79 bits per heavy atom. The zero-order valence-corrected chi connectivity index (χ0v) is 14.3. The van der Waals surface area contributed by atoms with E-state index in [1.807, 2.05) is 31.2 Å². The number of hydrogen-bond acceptors (Lipinski definition) is 3. The number of rotatable bonds is 7. The number of ether oxygens (including phenoxy) is 1. The molecule has 0 aromatic heterocycles. The number of benzene rings is 2. The van der Waals surface area contributed by atoms with E-state index < -0.39 is 6.04 Å². The molecule has 0 aliphatic rings. The van der Waals surface area contributed by atoms with Crippen LogP contribution in [0.25, 0.3) is 0 Å². The highest BCUT2D eigenvalue weighted by molar-refractivity contribution is 5.85. The number of carbonyl (C=O) groups excluding carboxylic acids is 1. The second-order valence-electron chi connectivity index (χ2n) is 5.34. The summed E-state index contributed by atoms with van der Waals surface area (Å²) in [5, 5.41) is 2.79. The highest BCUT2D eigenvalue weighted by atomic mass is 35.5. The zero-order valence-electron chi connectivity index (χ0n) is 13.5. The van der Waals surface area contributed by atoms with Gasteiger partial charge in [-0.2, -0.15) is 0 Å². The molecule has 0 aliphatic heterocycles. The lowest BCUT2D eigenvalue weighted by molar-refractivity contribution is -0.122. The highest BCUT2D eigenvalue weighted by Crippen LogP contribution is 2.12. The molecule has 3 N–H and O–H groups in total. The van der Waals surface area contributed by atoms with Crippen molar-refractivity contribution in [1.29, 1.82) is 0 Å². The van der Waals surface area contributed by atoms with Gasteiger partial charge in [0, 0.05) is 6.54 Å². The molecular formula is C18H22ClFN2O2. The molecule has 0 radical (unpaired) electrons. The van der Waals surface area contributed by atoms with E-state index in [2.05, 4.69) is 5.32 Å². The van der Waals surface area contributed by atoms with Crippen molar-refractivity contribution in [1.82, 2.24) is 5.32 Å². The summed E-state index contributed by atoms with van der Waals surface area (Å²) in [5.74, 6) is 0.0967. The molecule has 2 rings (SSSR count). The number of hydrogen-bond donors (Lipinski definition) is 2. The van der Waals surface area contributed by atoms with E-state index in [0.29, 0.717) is 25.3 Å². The summed E-state index contributed by atoms with van der Waals surface area (Å²) in [5.41, 5.74) is 7.84. The molecule has 0 bridgehead atoms. The molecule has 0 saturated heterocycles. The first-order valence-electron chi connectivity index (χ1n) is 7.54. The first kappa shape index (κ1) is 19.9. The molecule has 0 spiro atoms. The Morgan fingerprint density at radius 1 is 1.17 bits per heavy atom. The largest absolute Gasteiger partial charge is 0.494 e. The average molecular weight is 353 g/mol. The highest BCUT2D eigenvalue weighted by Gasteiger charge is 2.14. The fourth-order valence-electron chi connectivity index (χ4n) is 2.04. The second kappa shape index (κ2) is 9.90. The van der Waals surface area contributed by atoms with Crippen LogP contribution in [0.15, 0.2) is 48.5 Å². The summed E-state index contributed by atoms with van der Waals surface area (Å²) in [6, 6.07) is 12.7. The third-order valence-corrected chi connectivity index (χ3v) is 3.42. The molecule has 1 unspecified atom stereocenters. The maximum atomic E-state index is 12.7. The summed E-state index contributed by atoms with van der Waals surface area (Å²) in [7, 11) is 0. The lowest BCUT2D eigenvalue weighted by Crippen LogP contribution is -2.35. The molecule has 130 valence electrons. The number of amides is 1. The van der Waals surface area contributed by atoms with Gasteiger partial charge in [0.1, 0.15) is 17.6 Å². The monoisotopic (exact) mass is 352 g/mol. The van der Waals surface area contributed by atoms with Gasteiger partial charge in [-0.25, -0.2) is 4.39 Å². The van der Waals surface area contributed by atoms with Crippen molar-refractivity contribution < 1.29 is 13.9 Å². The third-order valence-electron chi connectivity index (χ3n) is 3.42. The summed E-state index contributed by atoms with van der Waals surface area (Å²) in [6.07, 6.45) is 0.643. The number of nitrogens with one attached hydrogen (secondary N) is 1. The van der Waals surface area contributed by atoms with Crippen molar-refractivity contribution in [3.8, 4) is 5.75 Å². The topological polar surface area (TPSA) is 64.4 Å². The van der Waals surface area contributed by atoms with E-state index in [-0.39, 0.29) is 24.1 Å². The van der Waals surface area contributed by atoms with E-state index in [1.54, 1.807) is 12.1 Å². The summed E-state index contributed by atoms with van der Waals surface area (Å²) in [6.45, 7) is 2.89. The van der Waals surface area contributed by atoms with Crippen molar-refractivity contribution in [2.24, 2.45) is 5.73 Å². The van der Waals surface area contributed by atoms with Crippen LogP contribution in [0.3, 0.4) is 0 Å².